The molecular weight excluding hydrogens is 1260 g/mol. The van der Waals surface area contributed by atoms with Gasteiger partial charge in [-0.25, -0.2) is 0 Å². The molecule has 3 heterocycles. The molecule has 15 aromatic rings. The van der Waals surface area contributed by atoms with Crippen molar-refractivity contribution in [2.75, 3.05) is 14.7 Å². The van der Waals surface area contributed by atoms with Crippen molar-refractivity contribution in [2.45, 2.75) is 154 Å². The summed E-state index contributed by atoms with van der Waals surface area (Å²) in [4.78, 5) is 8.16. The lowest BCUT2D eigenvalue weighted by molar-refractivity contribution is 0.330. The molecule has 0 radical (unpaired) electrons. The normalized spacial score (nSPS) is 25.3. The molecule has 3 saturated carbocycles. The highest BCUT2D eigenvalue weighted by Gasteiger charge is 2.67. The highest BCUT2D eigenvalue weighted by Crippen LogP contribution is 2.71. The summed E-state index contributed by atoms with van der Waals surface area (Å²) >= 11 is 0. The van der Waals surface area contributed by atoms with Crippen LogP contribution in [0.25, 0.3) is 120 Å². The van der Waals surface area contributed by atoms with E-state index in [4.69, 9.17) is 0 Å². The van der Waals surface area contributed by atoms with E-state index in [0.717, 1.165) is 38.5 Å². The highest BCUT2D eigenvalue weighted by atomic mass is 15.3. The second-order valence-electron chi connectivity index (χ2n) is 36.5. The van der Waals surface area contributed by atoms with E-state index >= 15 is 0 Å². The predicted octanol–water partition coefficient (Wildman–Crippen LogP) is 27.8. The molecule has 3 aliphatic carbocycles. The number of anilines is 6. The van der Waals surface area contributed by atoms with Gasteiger partial charge in [-0.2, -0.15) is 0 Å². The van der Waals surface area contributed by atoms with E-state index < -0.39 is 0 Å². The van der Waals surface area contributed by atoms with E-state index in [0.29, 0.717) is 0 Å². The van der Waals surface area contributed by atoms with E-state index in [1.807, 2.05) is 0 Å². The maximum Gasteiger partial charge on any atom is 0.0523 e. The Labute approximate surface area is 613 Å². The summed E-state index contributed by atoms with van der Waals surface area (Å²) in [6, 6.07) is 102. The van der Waals surface area contributed by atoms with E-state index in [1.54, 1.807) is 0 Å². The van der Waals surface area contributed by atoms with Crippen molar-refractivity contribution in [1.29, 1.82) is 0 Å². The number of para-hydroxylation sites is 3. The third-order valence-corrected chi connectivity index (χ3v) is 28.4. The van der Waals surface area contributed by atoms with Crippen LogP contribution in [0.4, 0.5) is 34.1 Å². The highest BCUT2D eigenvalue weighted by molar-refractivity contribution is 6.47. The van der Waals surface area contributed by atoms with Crippen LogP contribution < -0.4 is 14.7 Å². The van der Waals surface area contributed by atoms with Crippen molar-refractivity contribution in [3.63, 3.8) is 0 Å². The summed E-state index contributed by atoms with van der Waals surface area (Å²) in [6.45, 7) is 30.4. The van der Waals surface area contributed by atoms with Crippen molar-refractivity contribution >= 4 is 98.8 Å². The van der Waals surface area contributed by atoms with Crippen LogP contribution in [0.1, 0.15) is 138 Å². The van der Waals surface area contributed by atoms with Gasteiger partial charge in [-0.3, -0.25) is 0 Å². The summed E-state index contributed by atoms with van der Waals surface area (Å²) in [5, 5.41) is 15.8. The van der Waals surface area contributed by atoms with Crippen LogP contribution in [0.15, 0.2) is 261 Å². The number of hydrogen-bond donors (Lipinski definition) is 0. The van der Waals surface area contributed by atoms with E-state index in [2.05, 4.69) is 359 Å². The minimum absolute atomic E-state index is 0.0583. The van der Waals surface area contributed by atoms with Gasteiger partial charge in [0.2, 0.25) is 0 Å². The molecule has 0 N–H and O–H groups in total. The topological polar surface area (TPSA) is 9.72 Å². The second-order valence-corrected chi connectivity index (χ2v) is 36.5. The van der Waals surface area contributed by atoms with E-state index in [9.17, 15) is 0 Å². The first-order chi connectivity index (χ1) is 50.0. The summed E-state index contributed by atoms with van der Waals surface area (Å²) in [5.74, 6) is 0. The van der Waals surface area contributed by atoms with Crippen LogP contribution in [-0.4, -0.2) is 16.6 Å². The fourth-order valence-electron chi connectivity index (χ4n) is 25.0. The van der Waals surface area contributed by atoms with Crippen LogP contribution >= 0.6 is 0 Å². The lowest BCUT2D eigenvalue weighted by atomic mass is 9.71. The lowest BCUT2D eigenvalue weighted by Gasteiger charge is -2.42. The first kappa shape index (κ1) is 62.4. The molecule has 0 amide bonds. The van der Waals surface area contributed by atoms with Crippen molar-refractivity contribution in [3.8, 4) is 55.6 Å². The maximum absolute atomic E-state index is 2.73. The van der Waals surface area contributed by atoms with Gasteiger partial charge in [-0.15, -0.1) is 0 Å². The minimum Gasteiger partial charge on any atom is -0.334 e. The molecule has 15 aromatic carbocycles. The molecule has 21 rings (SSSR count). The number of benzene rings is 13. The molecule has 6 aliphatic rings. The molecule has 3 heteroatoms. The van der Waals surface area contributed by atoms with Gasteiger partial charge in [0.05, 0.1) is 16.6 Å². The molecule has 6 atom stereocenters. The Morgan fingerprint density at radius 2 is 0.519 bits per heavy atom. The molecule has 510 valence electrons. The van der Waals surface area contributed by atoms with Crippen molar-refractivity contribution in [1.82, 2.24) is 0 Å². The van der Waals surface area contributed by atoms with Gasteiger partial charge in [-0.1, -0.05) is 250 Å². The van der Waals surface area contributed by atoms with E-state index in [1.165, 1.54) is 171 Å². The first-order valence-electron chi connectivity index (χ1n) is 38.5. The molecular formula is C101H91N3. The van der Waals surface area contributed by atoms with Crippen LogP contribution in [0, 0.1) is 16.2 Å². The van der Waals surface area contributed by atoms with Gasteiger partial charge in [0.1, 0.15) is 0 Å². The SMILES string of the molecule is CC1(C)CC2(C)c3cc(-c4ccc5c6c(-c7ccccc7)c7c8ccc(-c9ccc%10c(c9)C9(C)CC(C)(C)CC9(C)N%10c9ccccc9)c9c(-c%10ccc%11c(c%10)C%10(C)CC(C)(C)CC%10(C)N%11c%10ccccc%10)ccc(c7c(-c7ccccc7)c6c6cccc4c65)c98)ccc3N(c3ccccc3)C2(C)C1. The number of hydrogen-bond acceptors (Lipinski definition) is 3. The van der Waals surface area contributed by atoms with Crippen LogP contribution in [0.3, 0.4) is 0 Å². The molecule has 0 spiro atoms. The van der Waals surface area contributed by atoms with Gasteiger partial charge in [0.15, 0.2) is 0 Å². The molecule has 104 heavy (non-hydrogen) atoms. The Bertz CT molecular complexity index is 5860. The average Bonchev–Trinajstić information content (AvgIpc) is 1.54. The summed E-state index contributed by atoms with van der Waals surface area (Å²) in [6.07, 6.45) is 6.67. The molecule has 3 fully saturated rings. The monoisotopic (exact) mass is 1350 g/mol. The molecule has 6 unspecified atom stereocenters. The smallest absolute Gasteiger partial charge is 0.0523 e. The zero-order valence-corrected chi connectivity index (χ0v) is 62.4. The summed E-state index contributed by atoms with van der Waals surface area (Å²) in [5.41, 5.74) is 24.9. The molecule has 0 aromatic heterocycles. The Hall–Kier alpha value is -10.2. The van der Waals surface area contributed by atoms with Gasteiger partial charge >= 0.3 is 0 Å². The van der Waals surface area contributed by atoms with E-state index in [-0.39, 0.29) is 49.1 Å². The quantitative estimate of drug-likeness (QED) is 0.150. The van der Waals surface area contributed by atoms with Gasteiger partial charge in [0.25, 0.3) is 0 Å². The standard InChI is InChI=1S/C101H91N3/c1-93(2)56-96(7)78-53-64(41-50-81(78)102(99(96,10)59-93)67-33-22-15-23-34-67)70-44-47-75-86-73(70)39-28-40-74(86)89-84(62-29-18-13-19-30-62)91-76-48-45-71(65-42-51-82-79(54-65)97(8)57-94(3,4)60-100(97,11)103(82)68-35-24-16-25-36-68)87-72(46-49-77(88(76)87)92(91)85(90(75)89)63-31-20-14-21-32-63)66-43-52-83-80(55-66)98(9)58-95(5,6)61-101(98,12)104(83)69-37-26-17-27-38-69/h13-55H,56-61H2,1-12H3. The summed E-state index contributed by atoms with van der Waals surface area (Å²) in [7, 11) is 0. The lowest BCUT2D eigenvalue weighted by Crippen LogP contribution is -2.49. The zero-order chi connectivity index (χ0) is 70.8. The van der Waals surface area contributed by atoms with Crippen molar-refractivity contribution < 1.29 is 0 Å². The summed E-state index contributed by atoms with van der Waals surface area (Å²) < 4.78 is 0. The Kier molecular flexibility index (Phi) is 12.4. The number of rotatable bonds is 8. The third-order valence-electron chi connectivity index (χ3n) is 28.4. The molecule has 0 bridgehead atoms. The fourth-order valence-corrected chi connectivity index (χ4v) is 25.0. The zero-order valence-electron chi connectivity index (χ0n) is 62.4. The predicted molar refractivity (Wildman–Crippen MR) is 443 cm³/mol. The Balaban J connectivity index is 0.855. The Morgan fingerprint density at radius 1 is 0.221 bits per heavy atom. The largest absolute Gasteiger partial charge is 0.334 e. The van der Waals surface area contributed by atoms with Gasteiger partial charge in [-0.05, 0) is 285 Å². The van der Waals surface area contributed by atoms with Gasteiger partial charge in [0, 0.05) is 50.4 Å². The van der Waals surface area contributed by atoms with Crippen LogP contribution in [0.5, 0.6) is 0 Å². The number of fused-ring (bicyclic) bond motifs is 15. The van der Waals surface area contributed by atoms with Gasteiger partial charge < -0.3 is 14.7 Å². The minimum atomic E-state index is -0.126. The van der Waals surface area contributed by atoms with Crippen molar-refractivity contribution in [2.24, 2.45) is 16.2 Å². The van der Waals surface area contributed by atoms with Crippen molar-refractivity contribution in [3.05, 3.63) is 278 Å². The number of nitrogens with zero attached hydrogens (tertiary/aromatic N) is 3. The molecule has 3 nitrogen and oxygen atoms in total. The molecule has 3 aliphatic heterocycles. The first-order valence-corrected chi connectivity index (χ1v) is 38.5. The average molecular weight is 1350 g/mol. The Morgan fingerprint density at radius 3 is 0.875 bits per heavy atom. The molecule has 0 saturated heterocycles. The van der Waals surface area contributed by atoms with Crippen LogP contribution in [0.2, 0.25) is 0 Å². The maximum atomic E-state index is 2.73. The fraction of sp³-hybridized carbons (Fsp3) is 0.267. The third kappa shape index (κ3) is 7.93. The van der Waals surface area contributed by atoms with Crippen LogP contribution in [-0.2, 0) is 16.2 Å². The second kappa shape index (κ2) is 20.6.